The van der Waals surface area contributed by atoms with Crippen LogP contribution in [0.2, 0.25) is 0 Å². The molecule has 1 aliphatic heterocycles. The number of fused-ring (bicyclic) bond motifs is 1. The number of carbonyl (C=O) groups excluding carboxylic acids is 2. The quantitative estimate of drug-likeness (QED) is 0.514. The van der Waals surface area contributed by atoms with Crippen LogP contribution in [0, 0.1) is 5.92 Å². The number of rotatable bonds is 1. The molecule has 140 valence electrons. The summed E-state index contributed by atoms with van der Waals surface area (Å²) < 4.78 is 5.47. The van der Waals surface area contributed by atoms with Gasteiger partial charge in [0.15, 0.2) is 5.78 Å². The van der Waals surface area contributed by atoms with E-state index >= 15 is 0 Å². The molecule has 6 nitrogen and oxygen atoms in total. The molecule has 0 spiro atoms. The van der Waals surface area contributed by atoms with Crippen molar-refractivity contribution in [3.63, 3.8) is 0 Å². The van der Waals surface area contributed by atoms with Crippen molar-refractivity contribution in [2.45, 2.75) is 38.9 Å². The highest BCUT2D eigenvalue weighted by Crippen LogP contribution is 2.30. The zero-order chi connectivity index (χ0) is 19.3. The summed E-state index contributed by atoms with van der Waals surface area (Å²) in [6.45, 7) is 3.55. The van der Waals surface area contributed by atoms with Crippen LogP contribution in [-0.2, 0) is 9.53 Å². The summed E-state index contributed by atoms with van der Waals surface area (Å²) in [5.41, 5.74) is 1.13. The van der Waals surface area contributed by atoms with Crippen LogP contribution in [0.5, 0.6) is 5.75 Å². The summed E-state index contributed by atoms with van der Waals surface area (Å²) >= 11 is 0. The van der Waals surface area contributed by atoms with Crippen molar-refractivity contribution in [1.29, 1.82) is 0 Å². The van der Waals surface area contributed by atoms with Crippen molar-refractivity contribution < 1.29 is 24.5 Å². The molecule has 0 saturated heterocycles. The van der Waals surface area contributed by atoms with Crippen molar-refractivity contribution in [2.75, 3.05) is 5.09 Å². The first kappa shape index (κ1) is 20.1. The number of benzene rings is 1. The Morgan fingerprint density at radius 2 is 1.96 bits per heavy atom. The highest BCUT2D eigenvalue weighted by Gasteiger charge is 2.22. The number of phenols is 1. The third kappa shape index (κ3) is 5.16. The summed E-state index contributed by atoms with van der Waals surface area (Å²) in [5, 5.41) is 23.1. The Bertz CT molecular complexity index is 744. The zero-order valence-corrected chi connectivity index (χ0v) is 16.0. The van der Waals surface area contributed by atoms with E-state index in [1.807, 2.05) is 6.92 Å². The maximum absolute atomic E-state index is 12.6. The number of nitrogens with one attached hydrogen (secondary N) is 1. The topological polar surface area (TPSA) is 95.9 Å². The third-order valence-corrected chi connectivity index (χ3v) is 4.61. The molecule has 7 heteroatoms. The fourth-order valence-electron chi connectivity index (χ4n) is 2.57. The van der Waals surface area contributed by atoms with E-state index < -0.39 is 18.2 Å². The Morgan fingerprint density at radius 3 is 2.65 bits per heavy atom. The summed E-state index contributed by atoms with van der Waals surface area (Å²) in [5.74, 6) is -1.22. The smallest absolute Gasteiger partial charge is 0.342 e. The fourth-order valence-corrected chi connectivity index (χ4v) is 2.74. The molecule has 1 aromatic carbocycles. The minimum atomic E-state index is -0.814. The monoisotopic (exact) mass is 377 g/mol. The Labute approximate surface area is 155 Å². The number of phenolic OH excluding ortho intramolecular Hbond substituents is 1. The Kier molecular flexibility index (Phi) is 6.95. The average Bonchev–Trinajstić information content (AvgIpc) is 2.58. The van der Waals surface area contributed by atoms with E-state index in [0.717, 1.165) is 0 Å². The zero-order valence-electron chi connectivity index (χ0n) is 14.8. The first-order chi connectivity index (χ1) is 12.3. The molecule has 26 heavy (non-hydrogen) atoms. The predicted molar refractivity (Wildman–Crippen MR) is 104 cm³/mol. The minimum absolute atomic E-state index is 0.0209. The second-order valence-corrected chi connectivity index (χ2v) is 6.68. The molecule has 3 N–H and O–H groups in total. The van der Waals surface area contributed by atoms with Crippen LogP contribution in [0.1, 0.15) is 42.6 Å². The molecule has 4 unspecified atom stereocenters. The van der Waals surface area contributed by atoms with Gasteiger partial charge in [-0.25, -0.2) is 4.79 Å². The van der Waals surface area contributed by atoms with E-state index in [-0.39, 0.29) is 35.9 Å². The lowest BCUT2D eigenvalue weighted by Crippen LogP contribution is -2.22. The number of ketones is 1. The van der Waals surface area contributed by atoms with Crippen molar-refractivity contribution in [2.24, 2.45) is 5.92 Å². The van der Waals surface area contributed by atoms with Gasteiger partial charge in [0, 0.05) is 24.1 Å². The van der Waals surface area contributed by atoms with Crippen LogP contribution in [0.4, 0.5) is 5.69 Å². The average molecular weight is 377 g/mol. The van der Waals surface area contributed by atoms with Gasteiger partial charge < -0.3 is 20.0 Å². The lowest BCUT2D eigenvalue weighted by molar-refractivity contribution is -0.116. The molecule has 0 aromatic heterocycles. The Balaban J connectivity index is 2.46. The molecule has 0 amide bonds. The van der Waals surface area contributed by atoms with Gasteiger partial charge in [0.05, 0.1) is 6.10 Å². The molecule has 0 radical (unpaired) electrons. The lowest BCUT2D eigenvalue weighted by atomic mass is 10.0. The van der Waals surface area contributed by atoms with Gasteiger partial charge in [-0.3, -0.25) is 4.79 Å². The van der Waals surface area contributed by atoms with Crippen molar-refractivity contribution in [1.82, 2.24) is 0 Å². The van der Waals surface area contributed by atoms with Gasteiger partial charge >= 0.3 is 5.97 Å². The molecule has 0 aliphatic carbocycles. The number of hydrogen-bond acceptors (Lipinski definition) is 6. The van der Waals surface area contributed by atoms with E-state index in [0.29, 0.717) is 11.3 Å². The minimum Gasteiger partial charge on any atom is -0.507 e. The number of esters is 1. The maximum Gasteiger partial charge on any atom is 0.342 e. The molecule has 0 saturated carbocycles. The first-order valence-electron chi connectivity index (χ1n) is 8.42. The Morgan fingerprint density at radius 1 is 1.23 bits per heavy atom. The number of allylic oxidation sites excluding steroid dienone is 1. The van der Waals surface area contributed by atoms with E-state index in [4.69, 9.17) is 4.74 Å². The van der Waals surface area contributed by atoms with E-state index in [2.05, 4.69) is 14.5 Å². The molecule has 2 rings (SSSR count). The van der Waals surface area contributed by atoms with Crippen LogP contribution in [-0.4, -0.2) is 34.2 Å². The normalized spacial score (nSPS) is 27.0. The summed E-state index contributed by atoms with van der Waals surface area (Å²) in [4.78, 5) is 24.5. The fraction of sp³-hybridized carbons (Fsp3) is 0.368. The van der Waals surface area contributed by atoms with Crippen LogP contribution in [0.3, 0.4) is 0 Å². The van der Waals surface area contributed by atoms with Crippen molar-refractivity contribution in [3.05, 3.63) is 41.5 Å². The molecule has 4 atom stereocenters. The molecule has 0 fully saturated rings. The number of aromatic hydroxyl groups is 1. The Hall–Kier alpha value is -2.17. The van der Waals surface area contributed by atoms with Crippen molar-refractivity contribution in [3.8, 4) is 5.75 Å². The highest BCUT2D eigenvalue weighted by atomic mass is 31.0. The number of carbonyl (C=O) groups is 2. The summed E-state index contributed by atoms with van der Waals surface area (Å²) in [6, 6.07) is 3.13. The predicted octanol–water partition coefficient (Wildman–Crippen LogP) is 3.07. The largest absolute Gasteiger partial charge is 0.507 e. The van der Waals surface area contributed by atoms with Gasteiger partial charge in [-0.15, -0.1) is 0 Å². The molecule has 1 aromatic rings. The van der Waals surface area contributed by atoms with Gasteiger partial charge in [-0.1, -0.05) is 25.2 Å². The second-order valence-electron chi connectivity index (χ2n) is 6.39. The number of anilines is 1. The number of ether oxygens (including phenoxy) is 1. The van der Waals surface area contributed by atoms with E-state index in [1.54, 1.807) is 31.2 Å². The standard InChI is InChI=1S/C19H24NO5P/c1-11-6-7-16(22)10-15(21)5-3-4-13-8-14(20-26)9-17(23)18(13)19(24)25-12(11)2/h3-4,6-9,11-12,15,20-21,23H,5,10,26H2,1-2H3/b4-3+,7-6-. The molecule has 1 aliphatic rings. The van der Waals surface area contributed by atoms with Gasteiger partial charge in [-0.05, 0) is 40.4 Å². The number of aliphatic hydroxyl groups excluding tert-OH is 1. The third-order valence-electron chi connectivity index (χ3n) is 4.28. The van der Waals surface area contributed by atoms with Crippen LogP contribution in [0.15, 0.2) is 30.4 Å². The summed E-state index contributed by atoms with van der Waals surface area (Å²) in [6.07, 6.45) is 5.34. The maximum atomic E-state index is 12.6. The van der Waals surface area contributed by atoms with Gasteiger partial charge in [0.25, 0.3) is 0 Å². The van der Waals surface area contributed by atoms with Crippen LogP contribution in [0.25, 0.3) is 6.08 Å². The molecule has 1 heterocycles. The lowest BCUT2D eigenvalue weighted by Gasteiger charge is -2.19. The van der Waals surface area contributed by atoms with Gasteiger partial charge in [0.2, 0.25) is 0 Å². The van der Waals surface area contributed by atoms with Crippen LogP contribution < -0.4 is 5.09 Å². The summed E-state index contributed by atoms with van der Waals surface area (Å²) in [7, 11) is 2.32. The van der Waals surface area contributed by atoms with Gasteiger partial charge in [-0.2, -0.15) is 0 Å². The molecule has 0 bridgehead atoms. The van der Waals surface area contributed by atoms with E-state index in [9.17, 15) is 19.8 Å². The highest BCUT2D eigenvalue weighted by molar-refractivity contribution is 7.18. The number of aliphatic hydroxyl groups is 1. The second kappa shape index (κ2) is 8.97. The van der Waals surface area contributed by atoms with Gasteiger partial charge in [0.1, 0.15) is 17.4 Å². The molecular weight excluding hydrogens is 353 g/mol. The SMILES string of the molecule is CC1/C=C\C(=O)CC(O)C/C=C/c2cc(NP)cc(O)c2C(=O)OC1C. The van der Waals surface area contributed by atoms with Crippen molar-refractivity contribution >= 4 is 32.9 Å². The molecular formula is C19H24NO5P. The van der Waals surface area contributed by atoms with E-state index in [1.165, 1.54) is 12.1 Å². The number of hydrogen-bond donors (Lipinski definition) is 3. The first-order valence-corrected chi connectivity index (χ1v) is 8.99. The van der Waals surface area contributed by atoms with Crippen LogP contribution >= 0.6 is 9.39 Å². The number of cyclic esters (lactones) is 1.